The Morgan fingerprint density at radius 3 is 1.44 bits per heavy atom. The highest BCUT2D eigenvalue weighted by atomic mass is 19.4. The number of halogens is 6. The molecule has 0 aromatic heterocycles. The molecule has 7 heteroatoms. The van der Waals surface area contributed by atoms with Crippen molar-refractivity contribution in [1.82, 2.24) is 5.32 Å². The van der Waals surface area contributed by atoms with Gasteiger partial charge in [0.05, 0.1) is 17.2 Å². The fraction of sp³-hybridized carbons (Fsp3) is 0.333. The van der Waals surface area contributed by atoms with Crippen LogP contribution < -0.4 is 5.32 Å². The van der Waals surface area contributed by atoms with Crippen molar-refractivity contribution in [2.45, 2.75) is 38.3 Å². The van der Waals surface area contributed by atoms with E-state index in [1.54, 1.807) is 13.8 Å². The van der Waals surface area contributed by atoms with Gasteiger partial charge in [0.1, 0.15) is 0 Å². The van der Waals surface area contributed by atoms with Crippen LogP contribution in [-0.4, -0.2) is 6.04 Å². The van der Waals surface area contributed by atoms with Gasteiger partial charge in [-0.1, -0.05) is 24.3 Å². The SMILES string of the molecule is CC(C)NC(c1cccc(C(F)(F)F)c1)c1cccc(C(F)(F)F)c1. The van der Waals surface area contributed by atoms with Gasteiger partial charge in [0, 0.05) is 6.04 Å². The van der Waals surface area contributed by atoms with Crippen molar-refractivity contribution < 1.29 is 26.3 Å². The number of hydrogen-bond donors (Lipinski definition) is 1. The van der Waals surface area contributed by atoms with E-state index in [9.17, 15) is 26.3 Å². The Bertz CT molecular complexity index is 660. The van der Waals surface area contributed by atoms with Gasteiger partial charge >= 0.3 is 12.4 Å². The summed E-state index contributed by atoms with van der Waals surface area (Å²) < 4.78 is 77.7. The van der Waals surface area contributed by atoms with Crippen molar-refractivity contribution in [2.24, 2.45) is 0 Å². The van der Waals surface area contributed by atoms with E-state index in [-0.39, 0.29) is 17.2 Å². The quantitative estimate of drug-likeness (QED) is 0.678. The predicted molar refractivity (Wildman–Crippen MR) is 83.0 cm³/mol. The molecule has 0 atom stereocenters. The van der Waals surface area contributed by atoms with E-state index in [1.807, 2.05) is 0 Å². The molecule has 136 valence electrons. The maximum atomic E-state index is 12.9. The first-order valence-corrected chi connectivity index (χ1v) is 7.59. The molecular formula is C18H17F6N. The van der Waals surface area contributed by atoms with Crippen LogP contribution in [0.1, 0.15) is 42.1 Å². The van der Waals surface area contributed by atoms with Crippen LogP contribution in [0.3, 0.4) is 0 Å². The number of rotatable bonds is 4. The first-order valence-electron chi connectivity index (χ1n) is 7.59. The van der Waals surface area contributed by atoms with Gasteiger partial charge in [-0.15, -0.1) is 0 Å². The molecule has 0 saturated carbocycles. The van der Waals surface area contributed by atoms with Gasteiger partial charge in [0.2, 0.25) is 0 Å². The maximum absolute atomic E-state index is 12.9. The van der Waals surface area contributed by atoms with Crippen LogP contribution in [0.5, 0.6) is 0 Å². The Morgan fingerprint density at radius 2 is 1.12 bits per heavy atom. The third kappa shape index (κ3) is 4.98. The minimum Gasteiger partial charge on any atom is -0.304 e. The second-order valence-corrected chi connectivity index (χ2v) is 6.00. The second kappa shape index (κ2) is 7.07. The fourth-order valence-corrected chi connectivity index (χ4v) is 2.51. The monoisotopic (exact) mass is 361 g/mol. The number of nitrogens with one attached hydrogen (secondary N) is 1. The van der Waals surface area contributed by atoms with E-state index in [0.717, 1.165) is 24.3 Å². The van der Waals surface area contributed by atoms with E-state index in [0.29, 0.717) is 0 Å². The Morgan fingerprint density at radius 1 is 0.720 bits per heavy atom. The maximum Gasteiger partial charge on any atom is 0.416 e. The average molecular weight is 361 g/mol. The van der Waals surface area contributed by atoms with Crippen LogP contribution in [0.25, 0.3) is 0 Å². The molecule has 0 bridgehead atoms. The van der Waals surface area contributed by atoms with Gasteiger partial charge in [-0.2, -0.15) is 26.3 Å². The van der Waals surface area contributed by atoms with E-state index in [1.165, 1.54) is 24.3 Å². The summed E-state index contributed by atoms with van der Waals surface area (Å²) >= 11 is 0. The molecule has 25 heavy (non-hydrogen) atoms. The molecule has 1 N–H and O–H groups in total. The second-order valence-electron chi connectivity index (χ2n) is 6.00. The lowest BCUT2D eigenvalue weighted by Crippen LogP contribution is -2.29. The number of benzene rings is 2. The molecule has 2 aromatic rings. The van der Waals surface area contributed by atoms with Crippen molar-refractivity contribution in [3.63, 3.8) is 0 Å². The molecule has 0 fully saturated rings. The summed E-state index contributed by atoms with van der Waals surface area (Å²) in [6.45, 7) is 3.54. The summed E-state index contributed by atoms with van der Waals surface area (Å²) in [6, 6.07) is 8.29. The van der Waals surface area contributed by atoms with Crippen LogP contribution in [0, 0.1) is 0 Å². The highest BCUT2D eigenvalue weighted by Crippen LogP contribution is 2.34. The summed E-state index contributed by atoms with van der Waals surface area (Å²) in [7, 11) is 0. The van der Waals surface area contributed by atoms with Crippen molar-refractivity contribution in [2.75, 3.05) is 0 Å². The molecule has 0 spiro atoms. The molecule has 0 aliphatic carbocycles. The highest BCUT2D eigenvalue weighted by Gasteiger charge is 2.33. The molecular weight excluding hydrogens is 344 g/mol. The van der Waals surface area contributed by atoms with Crippen molar-refractivity contribution in [3.05, 3.63) is 70.8 Å². The van der Waals surface area contributed by atoms with Gasteiger partial charge in [-0.25, -0.2) is 0 Å². The molecule has 0 saturated heterocycles. The van der Waals surface area contributed by atoms with Gasteiger partial charge in [-0.05, 0) is 49.2 Å². The summed E-state index contributed by atoms with van der Waals surface area (Å²) in [4.78, 5) is 0. The molecule has 0 heterocycles. The molecule has 0 radical (unpaired) electrons. The van der Waals surface area contributed by atoms with Gasteiger partial charge in [-0.3, -0.25) is 0 Å². The smallest absolute Gasteiger partial charge is 0.304 e. The van der Waals surface area contributed by atoms with Gasteiger partial charge < -0.3 is 5.32 Å². The minimum absolute atomic E-state index is 0.144. The van der Waals surface area contributed by atoms with Crippen LogP contribution in [-0.2, 0) is 12.4 Å². The molecule has 1 nitrogen and oxygen atoms in total. The van der Waals surface area contributed by atoms with Crippen molar-refractivity contribution >= 4 is 0 Å². The van der Waals surface area contributed by atoms with E-state index in [4.69, 9.17) is 0 Å². The standard InChI is InChI=1S/C18H17F6N/c1-11(2)25-16(12-5-3-7-14(9-12)17(19,20)21)13-6-4-8-15(10-13)18(22,23)24/h3-11,16,25H,1-2H3. The molecule has 0 unspecified atom stereocenters. The van der Waals surface area contributed by atoms with Gasteiger partial charge in [0.25, 0.3) is 0 Å². The largest absolute Gasteiger partial charge is 0.416 e. The van der Waals surface area contributed by atoms with E-state index in [2.05, 4.69) is 5.32 Å². The lowest BCUT2D eigenvalue weighted by atomic mass is 9.95. The van der Waals surface area contributed by atoms with Crippen LogP contribution >= 0.6 is 0 Å². The summed E-state index contributed by atoms with van der Waals surface area (Å²) in [6.07, 6.45) is -9.04. The zero-order chi connectivity index (χ0) is 18.8. The van der Waals surface area contributed by atoms with Crippen LogP contribution in [0.2, 0.25) is 0 Å². The molecule has 0 aliphatic heterocycles. The highest BCUT2D eigenvalue weighted by molar-refractivity contribution is 5.37. The van der Waals surface area contributed by atoms with E-state index < -0.39 is 29.5 Å². The third-order valence-electron chi connectivity index (χ3n) is 3.59. The Kier molecular flexibility index (Phi) is 5.46. The zero-order valence-corrected chi connectivity index (χ0v) is 13.5. The molecule has 0 aliphatic rings. The Labute approximate surface area is 141 Å². The van der Waals surface area contributed by atoms with Crippen LogP contribution in [0.15, 0.2) is 48.5 Å². The Balaban J connectivity index is 2.51. The summed E-state index contributed by atoms with van der Waals surface area (Å²) in [5.41, 5.74) is -1.18. The lowest BCUT2D eigenvalue weighted by molar-refractivity contribution is -0.138. The van der Waals surface area contributed by atoms with Gasteiger partial charge in [0.15, 0.2) is 0 Å². The lowest BCUT2D eigenvalue weighted by Gasteiger charge is -2.24. The van der Waals surface area contributed by atoms with Crippen LogP contribution in [0.4, 0.5) is 26.3 Å². The van der Waals surface area contributed by atoms with E-state index >= 15 is 0 Å². The zero-order valence-electron chi connectivity index (χ0n) is 13.5. The Hall–Kier alpha value is -2.02. The molecule has 2 aromatic carbocycles. The van der Waals surface area contributed by atoms with Crippen molar-refractivity contribution in [3.8, 4) is 0 Å². The fourth-order valence-electron chi connectivity index (χ4n) is 2.51. The molecule has 2 rings (SSSR count). The first kappa shape index (κ1) is 19.3. The first-order chi connectivity index (χ1) is 11.5. The van der Waals surface area contributed by atoms with Crippen molar-refractivity contribution in [1.29, 1.82) is 0 Å². The summed E-state index contributed by atoms with van der Waals surface area (Å²) in [5.74, 6) is 0. The third-order valence-corrected chi connectivity index (χ3v) is 3.59. The topological polar surface area (TPSA) is 12.0 Å². The molecule has 0 amide bonds. The normalized spacial score (nSPS) is 12.9. The number of alkyl halides is 6. The minimum atomic E-state index is -4.52. The average Bonchev–Trinajstić information content (AvgIpc) is 2.51. The predicted octanol–water partition coefficient (Wildman–Crippen LogP) is 5.81. The number of hydrogen-bond acceptors (Lipinski definition) is 1. The summed E-state index contributed by atoms with van der Waals surface area (Å²) in [5, 5.41) is 3.04.